The van der Waals surface area contributed by atoms with Gasteiger partial charge in [-0.15, -0.1) is 0 Å². The number of hydrogen-bond acceptors (Lipinski definition) is 7. The highest BCUT2D eigenvalue weighted by Gasteiger charge is 2.34. The summed E-state index contributed by atoms with van der Waals surface area (Å²) in [7, 11) is 0. The maximum Gasteiger partial charge on any atom is 0.355 e. The van der Waals surface area contributed by atoms with Crippen LogP contribution < -0.4 is 15.9 Å². The van der Waals surface area contributed by atoms with Gasteiger partial charge in [-0.1, -0.05) is 38.1 Å². The summed E-state index contributed by atoms with van der Waals surface area (Å²) in [6.45, 7) is 13.6. The molecule has 2 amide bonds. The Balaban J connectivity index is 1.84. The molecule has 14 heteroatoms. The van der Waals surface area contributed by atoms with Crippen molar-refractivity contribution in [2.24, 2.45) is 0 Å². The smallest absolute Gasteiger partial charge is 0.349 e. The first-order valence-corrected chi connectivity index (χ1v) is 15.3. The number of pyridine rings is 2. The molecule has 1 aromatic carbocycles. The number of anilines is 2. The first kappa shape index (κ1) is 33.6. The van der Waals surface area contributed by atoms with Gasteiger partial charge in [-0.25, -0.2) is 18.7 Å². The lowest BCUT2D eigenvalue weighted by Gasteiger charge is -2.44. The highest BCUT2D eigenvalue weighted by Crippen LogP contribution is 2.39. The second kappa shape index (κ2) is 13.1. The minimum atomic E-state index is -3.36. The summed E-state index contributed by atoms with van der Waals surface area (Å²) in [4.78, 5) is 56.0. The SMILES string of the molecule is C=CC(=O)N1CC(C)N(c2nc(=O)n(-c3c(C)ccnc3C(C)C)c3nc(-c4c(F)cccc4NC(=O)C(F)F)c(Cl)cc23)CC1C. The molecular weight excluding hydrogens is 635 g/mol. The number of carbonyl (C=O) groups is 2. The van der Waals surface area contributed by atoms with Crippen molar-refractivity contribution in [1.82, 2.24) is 24.4 Å². The Morgan fingerprint density at radius 2 is 1.85 bits per heavy atom. The predicted octanol–water partition coefficient (Wildman–Crippen LogP) is 5.88. The van der Waals surface area contributed by atoms with Gasteiger partial charge in [-0.05, 0) is 62.6 Å². The molecule has 10 nitrogen and oxygen atoms in total. The van der Waals surface area contributed by atoms with E-state index in [9.17, 15) is 23.2 Å². The van der Waals surface area contributed by atoms with E-state index in [2.05, 4.69) is 16.5 Å². The molecule has 0 spiro atoms. The third-order valence-electron chi connectivity index (χ3n) is 8.15. The molecule has 1 aliphatic rings. The number of carbonyl (C=O) groups excluding carboxylic acids is 2. The average Bonchev–Trinajstić information content (AvgIpc) is 3.01. The molecule has 0 aliphatic carbocycles. The van der Waals surface area contributed by atoms with Crippen molar-refractivity contribution >= 4 is 46.0 Å². The molecule has 1 N–H and O–H groups in total. The van der Waals surface area contributed by atoms with Gasteiger partial charge < -0.3 is 15.1 Å². The molecular formula is C33H33ClF3N7O3. The number of benzene rings is 1. The van der Waals surface area contributed by atoms with Crippen molar-refractivity contribution in [2.75, 3.05) is 23.3 Å². The summed E-state index contributed by atoms with van der Waals surface area (Å²) < 4.78 is 43.2. The van der Waals surface area contributed by atoms with Crippen LogP contribution in [0.5, 0.6) is 0 Å². The van der Waals surface area contributed by atoms with E-state index in [4.69, 9.17) is 16.6 Å². The normalized spacial score (nSPS) is 16.7. The van der Waals surface area contributed by atoms with E-state index in [1.807, 2.05) is 37.9 Å². The van der Waals surface area contributed by atoms with E-state index < -0.39 is 23.8 Å². The number of amides is 2. The molecule has 0 radical (unpaired) electrons. The van der Waals surface area contributed by atoms with Crippen molar-refractivity contribution in [1.29, 1.82) is 0 Å². The van der Waals surface area contributed by atoms with Crippen molar-refractivity contribution < 1.29 is 22.8 Å². The van der Waals surface area contributed by atoms with Crippen LogP contribution in [0.4, 0.5) is 24.7 Å². The number of aromatic nitrogens is 4. The van der Waals surface area contributed by atoms with Crippen LogP contribution in [0.15, 0.2) is 54.0 Å². The molecule has 246 valence electrons. The molecule has 3 aromatic heterocycles. The first-order valence-electron chi connectivity index (χ1n) is 14.9. The molecule has 5 rings (SSSR count). The van der Waals surface area contributed by atoms with Gasteiger partial charge in [0.2, 0.25) is 5.91 Å². The second-order valence-electron chi connectivity index (χ2n) is 11.8. The summed E-state index contributed by atoms with van der Waals surface area (Å²) in [5.74, 6) is -2.63. The van der Waals surface area contributed by atoms with Gasteiger partial charge in [0.15, 0.2) is 5.65 Å². The van der Waals surface area contributed by atoms with Crippen LogP contribution in [-0.2, 0) is 9.59 Å². The fourth-order valence-electron chi connectivity index (χ4n) is 5.89. The number of nitrogens with zero attached hydrogens (tertiary/aromatic N) is 6. The number of halogens is 4. The molecule has 4 heterocycles. The van der Waals surface area contributed by atoms with Crippen molar-refractivity contribution in [2.45, 2.75) is 59.0 Å². The minimum absolute atomic E-state index is 0.0521. The third-order valence-corrected chi connectivity index (χ3v) is 8.44. The quantitative estimate of drug-likeness (QED) is 0.245. The fraction of sp³-hybridized carbons (Fsp3) is 0.333. The molecule has 0 saturated carbocycles. The topological polar surface area (TPSA) is 113 Å². The average molecular weight is 668 g/mol. The van der Waals surface area contributed by atoms with Crippen LogP contribution in [-0.4, -0.2) is 67.8 Å². The number of rotatable bonds is 7. The van der Waals surface area contributed by atoms with Crippen molar-refractivity contribution in [3.05, 3.63) is 81.8 Å². The van der Waals surface area contributed by atoms with Gasteiger partial charge in [0.1, 0.15) is 11.6 Å². The van der Waals surface area contributed by atoms with Crippen LogP contribution in [0.1, 0.15) is 44.9 Å². The monoisotopic (exact) mass is 667 g/mol. The number of aryl methyl sites for hydroxylation is 1. The van der Waals surface area contributed by atoms with Crippen LogP contribution >= 0.6 is 11.6 Å². The van der Waals surface area contributed by atoms with Gasteiger partial charge in [0, 0.05) is 31.4 Å². The number of nitrogens with one attached hydrogen (secondary N) is 1. The van der Waals surface area contributed by atoms with Crippen LogP contribution in [0.25, 0.3) is 28.0 Å². The van der Waals surface area contributed by atoms with Gasteiger partial charge in [-0.3, -0.25) is 14.6 Å². The van der Waals surface area contributed by atoms with Crippen molar-refractivity contribution in [3.8, 4) is 16.9 Å². The van der Waals surface area contributed by atoms with Gasteiger partial charge in [0.05, 0.1) is 38.7 Å². The standard InChI is InChI=1S/C33H33ClF3N7O3/c1-7-24(45)42-14-19(6)43(15-18(42)5)30-20-13-21(34)27(25-22(35)9-8-10-23(25)39-32(46)29(36)37)40-31(20)44(33(47)41-30)28-17(4)11-12-38-26(28)16(2)3/h7-13,16,18-19,29H,1,14-15H2,2-6H3,(H,39,46). The zero-order valence-corrected chi connectivity index (χ0v) is 27.1. The van der Waals surface area contributed by atoms with Crippen molar-refractivity contribution in [3.63, 3.8) is 0 Å². The molecule has 1 fully saturated rings. The summed E-state index contributed by atoms with van der Waals surface area (Å²) in [5, 5.41) is 2.30. The van der Waals surface area contributed by atoms with Crippen LogP contribution in [0.2, 0.25) is 5.02 Å². The highest BCUT2D eigenvalue weighted by atomic mass is 35.5. The van der Waals surface area contributed by atoms with Crippen LogP contribution in [0, 0.1) is 12.7 Å². The fourth-order valence-corrected chi connectivity index (χ4v) is 6.13. The Labute approximate surface area is 273 Å². The lowest BCUT2D eigenvalue weighted by molar-refractivity contribution is -0.129. The molecule has 1 saturated heterocycles. The van der Waals surface area contributed by atoms with Gasteiger partial charge in [-0.2, -0.15) is 13.8 Å². The Hall–Kier alpha value is -4.78. The van der Waals surface area contributed by atoms with Crippen LogP contribution in [0.3, 0.4) is 0 Å². The summed E-state index contributed by atoms with van der Waals surface area (Å²) in [5.41, 5.74) is 0.244. The Morgan fingerprint density at radius 1 is 1.13 bits per heavy atom. The number of alkyl halides is 2. The van der Waals surface area contributed by atoms with E-state index in [1.165, 1.54) is 28.8 Å². The van der Waals surface area contributed by atoms with Gasteiger partial charge in [0.25, 0.3) is 5.91 Å². The second-order valence-corrected chi connectivity index (χ2v) is 12.2. The van der Waals surface area contributed by atoms with Gasteiger partial charge >= 0.3 is 12.1 Å². The minimum Gasteiger partial charge on any atom is -0.349 e. The first-order chi connectivity index (χ1) is 22.2. The molecule has 4 aromatic rings. The maximum absolute atomic E-state index is 15.5. The maximum atomic E-state index is 15.5. The lowest BCUT2D eigenvalue weighted by Crippen LogP contribution is -2.58. The van der Waals surface area contributed by atoms with E-state index in [0.717, 1.165) is 6.07 Å². The highest BCUT2D eigenvalue weighted by molar-refractivity contribution is 6.34. The Kier molecular flexibility index (Phi) is 9.39. The Morgan fingerprint density at radius 3 is 2.51 bits per heavy atom. The number of piperazine rings is 1. The number of fused-ring (bicyclic) bond motifs is 1. The lowest BCUT2D eigenvalue weighted by atomic mass is 10.0. The van der Waals surface area contributed by atoms with E-state index in [0.29, 0.717) is 35.4 Å². The molecule has 1 aliphatic heterocycles. The largest absolute Gasteiger partial charge is 0.355 e. The molecule has 47 heavy (non-hydrogen) atoms. The predicted molar refractivity (Wildman–Crippen MR) is 175 cm³/mol. The summed E-state index contributed by atoms with van der Waals surface area (Å²) >= 11 is 6.79. The molecule has 2 atom stereocenters. The van der Waals surface area contributed by atoms with E-state index in [-0.39, 0.29) is 57.3 Å². The zero-order valence-electron chi connectivity index (χ0n) is 26.4. The zero-order chi connectivity index (χ0) is 34.3. The van der Waals surface area contributed by atoms with E-state index >= 15 is 4.39 Å². The summed E-state index contributed by atoms with van der Waals surface area (Å²) in [6, 6.07) is 6.23. The van der Waals surface area contributed by atoms with E-state index in [1.54, 1.807) is 24.1 Å². The molecule has 0 bridgehead atoms. The molecule has 2 unspecified atom stereocenters. The Bertz CT molecular complexity index is 1970. The number of hydrogen-bond donors (Lipinski definition) is 1. The third kappa shape index (κ3) is 6.19. The summed E-state index contributed by atoms with van der Waals surface area (Å²) in [6.07, 6.45) is -0.481.